The fourth-order valence-electron chi connectivity index (χ4n) is 2.93. The Labute approximate surface area is 149 Å². The monoisotopic (exact) mass is 345 g/mol. The minimum Gasteiger partial charge on any atom is -0.497 e. The first-order valence-electron chi connectivity index (χ1n) is 8.02. The van der Waals surface area contributed by atoms with Crippen LogP contribution in [0, 0.1) is 10.1 Å². The van der Waals surface area contributed by atoms with Crippen LogP contribution in [0.15, 0.2) is 73.1 Å². The summed E-state index contributed by atoms with van der Waals surface area (Å²) in [5.74, 6) is 0.771. The molecule has 6 heteroatoms. The Balaban J connectivity index is 1.80. The van der Waals surface area contributed by atoms with E-state index >= 15 is 0 Å². The molecule has 0 saturated carbocycles. The second-order valence-electron chi connectivity index (χ2n) is 5.82. The lowest BCUT2D eigenvalue weighted by Crippen LogP contribution is -1.93. The predicted molar refractivity (Wildman–Crippen MR) is 99.3 cm³/mol. The maximum absolute atomic E-state index is 10.8. The van der Waals surface area contributed by atoms with Gasteiger partial charge >= 0.3 is 0 Å². The summed E-state index contributed by atoms with van der Waals surface area (Å²) in [7, 11) is 1.63. The van der Waals surface area contributed by atoms with E-state index in [1.165, 1.54) is 12.1 Å². The van der Waals surface area contributed by atoms with Crippen molar-refractivity contribution in [1.29, 1.82) is 0 Å². The molecule has 6 nitrogen and oxygen atoms in total. The molecular formula is C20H15N3O3. The van der Waals surface area contributed by atoms with E-state index in [1.54, 1.807) is 19.2 Å². The number of rotatable bonds is 4. The molecule has 0 aliphatic rings. The zero-order valence-corrected chi connectivity index (χ0v) is 14.0. The summed E-state index contributed by atoms with van der Waals surface area (Å²) < 4.78 is 7.31. The van der Waals surface area contributed by atoms with Gasteiger partial charge in [0, 0.05) is 23.9 Å². The summed E-state index contributed by atoms with van der Waals surface area (Å²) in [6.07, 6.45) is 3.77. The lowest BCUT2D eigenvalue weighted by atomic mass is 10.1. The number of aromatic nitrogens is 2. The van der Waals surface area contributed by atoms with Crippen LogP contribution in [0.25, 0.3) is 28.0 Å². The topological polar surface area (TPSA) is 69.7 Å². The second kappa shape index (κ2) is 6.33. The largest absolute Gasteiger partial charge is 0.497 e. The van der Waals surface area contributed by atoms with Crippen LogP contribution in [-0.2, 0) is 0 Å². The van der Waals surface area contributed by atoms with E-state index in [-0.39, 0.29) is 5.69 Å². The molecule has 2 aromatic heterocycles. The minimum absolute atomic E-state index is 0.0772. The lowest BCUT2D eigenvalue weighted by Gasteiger charge is -2.07. The van der Waals surface area contributed by atoms with Crippen molar-refractivity contribution in [3.8, 4) is 28.3 Å². The smallest absolute Gasteiger partial charge is 0.269 e. The van der Waals surface area contributed by atoms with Crippen molar-refractivity contribution in [3.05, 3.63) is 83.2 Å². The third kappa shape index (κ3) is 2.77. The highest BCUT2D eigenvalue weighted by Gasteiger charge is 2.10. The first-order valence-corrected chi connectivity index (χ1v) is 8.02. The van der Waals surface area contributed by atoms with Crippen LogP contribution in [0.5, 0.6) is 5.75 Å². The van der Waals surface area contributed by atoms with Gasteiger partial charge in [-0.15, -0.1) is 0 Å². The first-order chi connectivity index (χ1) is 12.7. The zero-order valence-electron chi connectivity index (χ0n) is 14.0. The molecule has 0 aliphatic carbocycles. The number of benzene rings is 2. The number of nitro benzene ring substituents is 1. The van der Waals surface area contributed by atoms with Crippen molar-refractivity contribution >= 4 is 11.2 Å². The number of methoxy groups -OCH3 is 1. The Morgan fingerprint density at radius 3 is 2.58 bits per heavy atom. The zero-order chi connectivity index (χ0) is 18.1. The molecule has 2 aromatic carbocycles. The number of ether oxygens (including phenoxy) is 1. The van der Waals surface area contributed by atoms with Crippen molar-refractivity contribution in [2.24, 2.45) is 0 Å². The van der Waals surface area contributed by atoms with E-state index in [0.29, 0.717) is 0 Å². The predicted octanol–water partition coefficient (Wildman–Crippen LogP) is 4.59. The van der Waals surface area contributed by atoms with Crippen molar-refractivity contribution in [2.75, 3.05) is 7.11 Å². The third-order valence-corrected chi connectivity index (χ3v) is 4.28. The van der Waals surface area contributed by atoms with Crippen LogP contribution in [0.3, 0.4) is 0 Å². The SMILES string of the molecule is COc1cccc(-c2cn3c(-c4ccc([N+](=O)[O-])cc4)ccc3cn2)c1. The van der Waals surface area contributed by atoms with E-state index in [9.17, 15) is 10.1 Å². The Morgan fingerprint density at radius 1 is 1.04 bits per heavy atom. The van der Waals surface area contributed by atoms with E-state index in [4.69, 9.17) is 4.74 Å². The summed E-state index contributed by atoms with van der Waals surface area (Å²) in [6.45, 7) is 0. The van der Waals surface area contributed by atoms with Crippen LogP contribution in [0.4, 0.5) is 5.69 Å². The summed E-state index contributed by atoms with van der Waals surface area (Å²) in [5.41, 5.74) is 4.64. The van der Waals surface area contributed by atoms with E-state index in [2.05, 4.69) is 4.98 Å². The molecule has 0 N–H and O–H groups in total. The number of nitro groups is 1. The molecule has 2 heterocycles. The highest BCUT2D eigenvalue weighted by atomic mass is 16.6. The van der Waals surface area contributed by atoms with Crippen LogP contribution >= 0.6 is 0 Å². The molecule has 0 spiro atoms. The molecule has 4 aromatic rings. The van der Waals surface area contributed by atoms with Crippen LogP contribution in [0.2, 0.25) is 0 Å². The number of nitrogens with zero attached hydrogens (tertiary/aromatic N) is 3. The molecule has 0 atom stereocenters. The summed E-state index contributed by atoms with van der Waals surface area (Å²) >= 11 is 0. The van der Waals surface area contributed by atoms with Gasteiger partial charge in [-0.25, -0.2) is 0 Å². The van der Waals surface area contributed by atoms with Gasteiger partial charge in [0.05, 0.1) is 35.1 Å². The normalized spacial score (nSPS) is 10.8. The van der Waals surface area contributed by atoms with Gasteiger partial charge in [0.25, 0.3) is 5.69 Å². The van der Waals surface area contributed by atoms with Gasteiger partial charge in [0.2, 0.25) is 0 Å². The fourth-order valence-corrected chi connectivity index (χ4v) is 2.93. The maximum Gasteiger partial charge on any atom is 0.269 e. The highest BCUT2D eigenvalue weighted by molar-refractivity contribution is 5.70. The lowest BCUT2D eigenvalue weighted by molar-refractivity contribution is -0.384. The number of hydrogen-bond donors (Lipinski definition) is 0. The third-order valence-electron chi connectivity index (χ3n) is 4.28. The summed E-state index contributed by atoms with van der Waals surface area (Å²) in [5, 5.41) is 10.8. The van der Waals surface area contributed by atoms with Crippen molar-refractivity contribution in [1.82, 2.24) is 9.38 Å². The molecule has 0 fully saturated rings. The Morgan fingerprint density at radius 2 is 1.85 bits per heavy atom. The van der Waals surface area contributed by atoms with E-state index in [1.807, 2.05) is 53.2 Å². The standard InChI is InChI=1S/C20H15N3O3/c1-26-18-4-2-3-15(11-18)19-13-22-17(12-21-19)9-10-20(22)14-5-7-16(8-6-14)23(24)25/h2-13H,1H3. The van der Waals surface area contributed by atoms with Crippen LogP contribution < -0.4 is 4.74 Å². The summed E-state index contributed by atoms with van der Waals surface area (Å²) in [6, 6.07) is 18.2. The molecule has 0 bridgehead atoms. The molecule has 0 aliphatic heterocycles. The van der Waals surface area contributed by atoms with Gasteiger partial charge in [-0.2, -0.15) is 0 Å². The molecule has 0 radical (unpaired) electrons. The maximum atomic E-state index is 10.8. The van der Waals surface area contributed by atoms with Crippen molar-refractivity contribution in [2.45, 2.75) is 0 Å². The quantitative estimate of drug-likeness (QED) is 0.401. The second-order valence-corrected chi connectivity index (χ2v) is 5.82. The number of hydrogen-bond acceptors (Lipinski definition) is 4. The van der Waals surface area contributed by atoms with Gasteiger partial charge in [-0.05, 0) is 42.0 Å². The van der Waals surface area contributed by atoms with Crippen molar-refractivity contribution in [3.63, 3.8) is 0 Å². The van der Waals surface area contributed by atoms with Crippen LogP contribution in [0.1, 0.15) is 0 Å². The summed E-state index contributed by atoms with van der Waals surface area (Å²) in [4.78, 5) is 15.0. The fraction of sp³-hybridized carbons (Fsp3) is 0.0500. The molecule has 26 heavy (non-hydrogen) atoms. The Bertz CT molecular complexity index is 1100. The van der Waals surface area contributed by atoms with E-state index in [0.717, 1.165) is 33.8 Å². The first kappa shape index (κ1) is 15.8. The van der Waals surface area contributed by atoms with Gasteiger partial charge in [0.1, 0.15) is 5.75 Å². The average molecular weight is 345 g/mol. The molecular weight excluding hydrogens is 330 g/mol. The van der Waals surface area contributed by atoms with E-state index < -0.39 is 4.92 Å². The number of non-ortho nitro benzene ring substituents is 1. The molecule has 128 valence electrons. The Hall–Kier alpha value is -3.67. The molecule has 0 amide bonds. The minimum atomic E-state index is -0.398. The molecule has 0 saturated heterocycles. The van der Waals surface area contributed by atoms with Gasteiger partial charge in [0.15, 0.2) is 0 Å². The number of fused-ring (bicyclic) bond motifs is 1. The van der Waals surface area contributed by atoms with Gasteiger partial charge in [-0.1, -0.05) is 12.1 Å². The highest BCUT2D eigenvalue weighted by Crippen LogP contribution is 2.27. The Kier molecular flexibility index (Phi) is 3.85. The molecule has 4 rings (SSSR count). The van der Waals surface area contributed by atoms with Crippen LogP contribution in [-0.4, -0.2) is 21.4 Å². The van der Waals surface area contributed by atoms with Gasteiger partial charge in [-0.3, -0.25) is 15.1 Å². The van der Waals surface area contributed by atoms with Gasteiger partial charge < -0.3 is 9.14 Å². The van der Waals surface area contributed by atoms with Crippen molar-refractivity contribution < 1.29 is 9.66 Å². The molecule has 0 unspecified atom stereocenters. The average Bonchev–Trinajstić information content (AvgIpc) is 3.11.